The van der Waals surface area contributed by atoms with Crippen molar-refractivity contribution >= 4 is 17.8 Å². The van der Waals surface area contributed by atoms with E-state index in [4.69, 9.17) is 9.47 Å². The molecule has 8 heteroatoms. The first-order valence-electron chi connectivity index (χ1n) is 13.3. The summed E-state index contributed by atoms with van der Waals surface area (Å²) in [6.07, 6.45) is 6.10. The van der Waals surface area contributed by atoms with E-state index < -0.39 is 35.0 Å². The third-order valence-corrected chi connectivity index (χ3v) is 8.49. The summed E-state index contributed by atoms with van der Waals surface area (Å²) < 4.78 is 12.1. The van der Waals surface area contributed by atoms with Crippen molar-refractivity contribution in [1.29, 1.82) is 0 Å². The van der Waals surface area contributed by atoms with Crippen LogP contribution in [-0.2, 0) is 23.9 Å². The van der Waals surface area contributed by atoms with E-state index >= 15 is 0 Å². The van der Waals surface area contributed by atoms with Crippen LogP contribution in [-0.4, -0.2) is 82.3 Å². The molecule has 35 heavy (non-hydrogen) atoms. The minimum Gasteiger partial charge on any atom is -0.466 e. The number of esters is 1. The lowest BCUT2D eigenvalue weighted by atomic mass is 9.62. The van der Waals surface area contributed by atoms with Crippen LogP contribution in [0.1, 0.15) is 73.1 Å². The lowest BCUT2D eigenvalue weighted by molar-refractivity contribution is -0.162. The van der Waals surface area contributed by atoms with Crippen molar-refractivity contribution in [2.24, 2.45) is 17.8 Å². The Balaban J connectivity index is 2.06. The molecular weight excluding hydrogens is 448 g/mol. The topological polar surface area (TPSA) is 96.4 Å². The largest absolute Gasteiger partial charge is 0.466 e. The summed E-state index contributed by atoms with van der Waals surface area (Å²) in [6.45, 7) is 14.8. The normalized spacial score (nSPS) is 34.1. The van der Waals surface area contributed by atoms with Gasteiger partial charge in [0.15, 0.2) is 0 Å². The van der Waals surface area contributed by atoms with Crippen molar-refractivity contribution in [3.63, 3.8) is 0 Å². The Bertz CT molecular complexity index is 817. The van der Waals surface area contributed by atoms with E-state index in [1.54, 1.807) is 17.9 Å². The molecule has 1 spiro atoms. The Morgan fingerprint density at radius 2 is 2.06 bits per heavy atom. The summed E-state index contributed by atoms with van der Waals surface area (Å²) in [5.41, 5.74) is -1.91. The first kappa shape index (κ1) is 27.7. The van der Waals surface area contributed by atoms with Gasteiger partial charge in [0.05, 0.1) is 18.1 Å². The highest BCUT2D eigenvalue weighted by Gasteiger charge is 2.80. The number of hydrogen-bond acceptors (Lipinski definition) is 6. The zero-order valence-electron chi connectivity index (χ0n) is 22.1. The first-order valence-corrected chi connectivity index (χ1v) is 13.3. The minimum atomic E-state index is -1.05. The van der Waals surface area contributed by atoms with E-state index in [1.165, 1.54) is 0 Å². The van der Waals surface area contributed by atoms with Gasteiger partial charge in [0.25, 0.3) is 0 Å². The highest BCUT2D eigenvalue weighted by molar-refractivity contribution is 5.98. The Hall–Kier alpha value is -1.93. The zero-order chi connectivity index (χ0) is 26.0. The fraction of sp³-hybridized carbons (Fsp3) is 0.815. The fourth-order valence-corrected chi connectivity index (χ4v) is 6.78. The van der Waals surface area contributed by atoms with Crippen molar-refractivity contribution in [2.75, 3.05) is 26.3 Å². The van der Waals surface area contributed by atoms with Crippen LogP contribution in [0.2, 0.25) is 0 Å². The van der Waals surface area contributed by atoms with Crippen molar-refractivity contribution in [3.05, 3.63) is 12.7 Å². The molecule has 3 saturated heterocycles. The van der Waals surface area contributed by atoms with E-state index in [0.29, 0.717) is 32.4 Å². The number of fused-ring (bicyclic) bond motifs is 1. The van der Waals surface area contributed by atoms with Gasteiger partial charge in [-0.3, -0.25) is 14.4 Å². The number of aliphatic hydroxyl groups is 1. The molecule has 0 aromatic rings. The highest BCUT2D eigenvalue weighted by Crippen LogP contribution is 2.65. The number of unbranched alkanes of at least 4 members (excludes halogenated alkanes) is 2. The standard InChI is InChI=1S/C27H44N2O6/c1-7-13-19(5)28(14-8-2)24(32)22-27-17-18(4)26(6,35-27)21(25(33)34-9-3)20(27)23(31)29(22)15-11-10-12-16-30/h8,18-22,30H,2,7,9-17H2,1,3-6H3/t18?,19?,20-,21+,22?,26-,27?/m0/s1. The Labute approximate surface area is 210 Å². The number of rotatable bonds is 13. The number of ether oxygens (including phenoxy) is 2. The molecular formula is C27H44N2O6. The average Bonchev–Trinajstić information content (AvgIpc) is 3.32. The predicted octanol–water partition coefficient (Wildman–Crippen LogP) is 2.93. The Morgan fingerprint density at radius 1 is 1.34 bits per heavy atom. The van der Waals surface area contributed by atoms with Gasteiger partial charge in [0.1, 0.15) is 17.6 Å². The zero-order valence-corrected chi connectivity index (χ0v) is 22.1. The molecule has 3 aliphatic rings. The molecule has 0 aliphatic carbocycles. The van der Waals surface area contributed by atoms with Crippen LogP contribution in [0.4, 0.5) is 0 Å². The lowest BCUT2D eigenvalue weighted by Gasteiger charge is -2.39. The SMILES string of the molecule is C=CCN(C(=O)C1N(CCCCCO)C(=O)[C@@H]2[C@H](C(=O)OCC)[C@@]3(C)OC12CC3C)C(C)CCC. The highest BCUT2D eigenvalue weighted by atomic mass is 16.6. The summed E-state index contributed by atoms with van der Waals surface area (Å²) in [4.78, 5) is 44.9. The molecule has 0 aromatic heterocycles. The van der Waals surface area contributed by atoms with E-state index in [0.717, 1.165) is 19.3 Å². The number of likely N-dealkylation sites (tertiary alicyclic amines) is 1. The van der Waals surface area contributed by atoms with Crippen LogP contribution < -0.4 is 0 Å². The van der Waals surface area contributed by atoms with Crippen molar-refractivity contribution in [2.45, 2.75) is 96.4 Å². The second-order valence-electron chi connectivity index (χ2n) is 10.7. The van der Waals surface area contributed by atoms with Crippen LogP contribution in [0.25, 0.3) is 0 Å². The lowest BCUT2D eigenvalue weighted by Crippen LogP contribution is -2.58. The van der Waals surface area contributed by atoms with Gasteiger partial charge in [-0.25, -0.2) is 0 Å². The van der Waals surface area contributed by atoms with Gasteiger partial charge in [0.2, 0.25) is 11.8 Å². The molecule has 0 aromatic carbocycles. The van der Waals surface area contributed by atoms with E-state index in [1.807, 2.05) is 25.7 Å². The maximum atomic E-state index is 14.3. The van der Waals surface area contributed by atoms with Crippen molar-refractivity contribution in [3.8, 4) is 0 Å². The molecule has 0 radical (unpaired) electrons. The van der Waals surface area contributed by atoms with Gasteiger partial charge in [-0.2, -0.15) is 0 Å². The second kappa shape index (κ2) is 11.0. The number of carbonyl (C=O) groups excluding carboxylic acids is 3. The van der Waals surface area contributed by atoms with Crippen LogP contribution in [0.5, 0.6) is 0 Å². The second-order valence-corrected chi connectivity index (χ2v) is 10.7. The average molecular weight is 493 g/mol. The fourth-order valence-electron chi connectivity index (χ4n) is 6.78. The van der Waals surface area contributed by atoms with Crippen LogP contribution in [0.3, 0.4) is 0 Å². The smallest absolute Gasteiger partial charge is 0.312 e. The molecule has 4 unspecified atom stereocenters. The summed E-state index contributed by atoms with van der Waals surface area (Å²) in [5, 5.41) is 9.19. The van der Waals surface area contributed by atoms with Crippen LogP contribution in [0, 0.1) is 17.8 Å². The molecule has 3 fully saturated rings. The molecule has 2 amide bonds. The monoisotopic (exact) mass is 492 g/mol. The van der Waals surface area contributed by atoms with E-state index in [2.05, 4.69) is 13.5 Å². The number of amides is 2. The number of aliphatic hydroxyl groups excluding tert-OH is 1. The van der Waals surface area contributed by atoms with Gasteiger partial charge >= 0.3 is 5.97 Å². The third-order valence-electron chi connectivity index (χ3n) is 8.49. The number of nitrogens with zero attached hydrogens (tertiary/aromatic N) is 2. The molecule has 8 nitrogen and oxygen atoms in total. The van der Waals surface area contributed by atoms with Crippen molar-refractivity contribution < 1.29 is 29.0 Å². The molecule has 198 valence electrons. The number of hydrogen-bond donors (Lipinski definition) is 1. The van der Waals surface area contributed by atoms with E-state index in [9.17, 15) is 19.5 Å². The summed E-state index contributed by atoms with van der Waals surface area (Å²) in [6, 6.07) is -0.808. The Kier molecular flexibility index (Phi) is 8.69. The van der Waals surface area contributed by atoms with Gasteiger partial charge in [-0.1, -0.05) is 26.3 Å². The summed E-state index contributed by atoms with van der Waals surface area (Å²) in [5.74, 6) is -2.23. The van der Waals surface area contributed by atoms with Gasteiger partial charge in [-0.15, -0.1) is 6.58 Å². The molecule has 7 atom stereocenters. The van der Waals surface area contributed by atoms with Gasteiger partial charge < -0.3 is 24.4 Å². The molecule has 1 N–H and O–H groups in total. The Morgan fingerprint density at radius 3 is 2.66 bits per heavy atom. The van der Waals surface area contributed by atoms with Gasteiger partial charge in [-0.05, 0) is 58.8 Å². The predicted molar refractivity (Wildman–Crippen MR) is 132 cm³/mol. The summed E-state index contributed by atoms with van der Waals surface area (Å²) >= 11 is 0. The summed E-state index contributed by atoms with van der Waals surface area (Å²) in [7, 11) is 0. The quantitative estimate of drug-likeness (QED) is 0.241. The maximum absolute atomic E-state index is 14.3. The third kappa shape index (κ3) is 4.52. The van der Waals surface area contributed by atoms with E-state index in [-0.39, 0.29) is 37.0 Å². The molecule has 2 bridgehead atoms. The minimum absolute atomic E-state index is 0.00786. The molecule has 3 aliphatic heterocycles. The van der Waals surface area contributed by atoms with Crippen LogP contribution in [0.15, 0.2) is 12.7 Å². The van der Waals surface area contributed by atoms with Crippen molar-refractivity contribution in [1.82, 2.24) is 9.80 Å². The maximum Gasteiger partial charge on any atom is 0.312 e. The molecule has 3 heterocycles. The molecule has 0 saturated carbocycles. The first-order chi connectivity index (χ1) is 16.6. The number of carbonyl (C=O) groups is 3. The molecule has 3 rings (SSSR count). The van der Waals surface area contributed by atoms with Gasteiger partial charge in [0, 0.05) is 25.7 Å². The van der Waals surface area contributed by atoms with Crippen LogP contribution >= 0.6 is 0 Å².